The van der Waals surface area contributed by atoms with Crippen molar-refractivity contribution in [1.29, 1.82) is 0 Å². The number of amides is 1. The maximum atomic E-state index is 13.1. The number of carbonyl (C=O) groups excluding carboxylic acids is 2. The predicted octanol–water partition coefficient (Wildman–Crippen LogP) is 4.24. The summed E-state index contributed by atoms with van der Waals surface area (Å²) in [6.45, 7) is 0. The fourth-order valence-corrected chi connectivity index (χ4v) is 2.61. The summed E-state index contributed by atoms with van der Waals surface area (Å²) in [4.78, 5) is 24.3. The minimum Gasteiger partial charge on any atom is -0.467 e. The third-order valence-electron chi connectivity index (χ3n) is 3.96. The molecule has 0 radical (unpaired) electrons. The molecule has 0 aliphatic heterocycles. The van der Waals surface area contributed by atoms with Crippen LogP contribution in [0.2, 0.25) is 0 Å². The Morgan fingerprint density at radius 2 is 1.62 bits per heavy atom. The number of hydrogen-bond acceptors (Lipinski definition) is 3. The van der Waals surface area contributed by atoms with Crippen LogP contribution in [0.5, 0.6) is 0 Å². The van der Waals surface area contributed by atoms with E-state index in [0.29, 0.717) is 6.07 Å². The topological polar surface area (TPSA) is 55.4 Å². The van der Waals surface area contributed by atoms with Gasteiger partial charge < -0.3 is 10.1 Å². The summed E-state index contributed by atoms with van der Waals surface area (Å²) in [5.41, 5.74) is -2.86. The van der Waals surface area contributed by atoms with Crippen molar-refractivity contribution in [3.63, 3.8) is 0 Å². The van der Waals surface area contributed by atoms with Gasteiger partial charge >= 0.3 is 18.3 Å². The molecule has 2 aromatic carbocycles. The van der Waals surface area contributed by atoms with Gasteiger partial charge in [0.2, 0.25) is 0 Å². The molecule has 2 rings (SSSR count). The van der Waals surface area contributed by atoms with Gasteiger partial charge in [0.15, 0.2) is 0 Å². The molecule has 0 saturated carbocycles. The first-order valence-corrected chi connectivity index (χ1v) is 8.14. The number of rotatable bonds is 5. The molecule has 0 saturated heterocycles. The van der Waals surface area contributed by atoms with Crippen LogP contribution in [0, 0.1) is 0 Å². The molecule has 1 atom stereocenters. The standard InChI is InChI=1S/C19H15F6NO3/c1-29-17(28)15(10-11-5-4-6-12(9-11)18(20,21)22)26-16(27)13-7-2-3-8-14(13)19(23,24)25/h2-9,15H,10H2,1H3,(H,26,27)/t15-/m1/s1. The third kappa shape index (κ3) is 5.72. The van der Waals surface area contributed by atoms with Crippen LogP contribution in [-0.2, 0) is 28.3 Å². The summed E-state index contributed by atoms with van der Waals surface area (Å²) in [7, 11) is 0.983. The predicted molar refractivity (Wildman–Crippen MR) is 89.9 cm³/mol. The number of halogens is 6. The number of carbonyl (C=O) groups is 2. The number of alkyl halides is 6. The van der Waals surface area contributed by atoms with E-state index >= 15 is 0 Å². The number of nitrogens with one attached hydrogen (secondary N) is 1. The van der Waals surface area contributed by atoms with E-state index in [4.69, 9.17) is 0 Å². The van der Waals surface area contributed by atoms with Gasteiger partial charge in [0.25, 0.3) is 5.91 Å². The second kappa shape index (κ2) is 8.54. The fourth-order valence-electron chi connectivity index (χ4n) is 2.61. The molecule has 0 fully saturated rings. The van der Waals surface area contributed by atoms with Gasteiger partial charge in [-0.2, -0.15) is 26.3 Å². The van der Waals surface area contributed by atoms with Crippen LogP contribution in [0.3, 0.4) is 0 Å². The van der Waals surface area contributed by atoms with Crippen molar-refractivity contribution < 1.29 is 40.7 Å². The highest BCUT2D eigenvalue weighted by Gasteiger charge is 2.36. The summed E-state index contributed by atoms with van der Waals surface area (Å²) in [5.74, 6) is -2.22. The molecule has 0 bridgehead atoms. The van der Waals surface area contributed by atoms with Gasteiger partial charge in [-0.3, -0.25) is 4.79 Å². The van der Waals surface area contributed by atoms with E-state index in [1.54, 1.807) is 0 Å². The quantitative estimate of drug-likeness (QED) is 0.583. The van der Waals surface area contributed by atoms with Crippen molar-refractivity contribution in [2.45, 2.75) is 24.8 Å². The molecule has 2 aromatic rings. The Balaban J connectivity index is 2.30. The Morgan fingerprint density at radius 3 is 2.21 bits per heavy atom. The van der Waals surface area contributed by atoms with Gasteiger partial charge in [-0.15, -0.1) is 0 Å². The van der Waals surface area contributed by atoms with Crippen molar-refractivity contribution in [3.05, 3.63) is 70.8 Å². The molecule has 29 heavy (non-hydrogen) atoms. The van der Waals surface area contributed by atoms with Gasteiger partial charge in [-0.05, 0) is 23.8 Å². The molecule has 1 amide bonds. The van der Waals surface area contributed by atoms with Crippen LogP contribution in [-0.4, -0.2) is 25.0 Å². The van der Waals surface area contributed by atoms with Gasteiger partial charge in [0.05, 0.1) is 23.8 Å². The van der Waals surface area contributed by atoms with E-state index in [-0.39, 0.29) is 5.56 Å². The van der Waals surface area contributed by atoms with E-state index in [1.807, 2.05) is 0 Å². The molecule has 0 heterocycles. The zero-order valence-electron chi connectivity index (χ0n) is 14.9. The first-order valence-electron chi connectivity index (χ1n) is 8.14. The van der Waals surface area contributed by atoms with Crippen molar-refractivity contribution in [3.8, 4) is 0 Å². The second-order valence-corrected chi connectivity index (χ2v) is 5.99. The Hall–Kier alpha value is -3.04. The van der Waals surface area contributed by atoms with Crippen LogP contribution < -0.4 is 5.32 Å². The lowest BCUT2D eigenvalue weighted by atomic mass is 10.0. The fraction of sp³-hybridized carbons (Fsp3) is 0.263. The molecule has 0 unspecified atom stereocenters. The average Bonchev–Trinajstić information content (AvgIpc) is 2.65. The summed E-state index contributed by atoms with van der Waals surface area (Å²) >= 11 is 0. The molecule has 1 N–H and O–H groups in total. The molecular formula is C19H15F6NO3. The van der Waals surface area contributed by atoms with E-state index in [1.165, 1.54) is 12.1 Å². The lowest BCUT2D eigenvalue weighted by Gasteiger charge is -2.19. The van der Waals surface area contributed by atoms with E-state index in [2.05, 4.69) is 10.1 Å². The molecule has 0 aliphatic rings. The zero-order chi connectivity index (χ0) is 21.8. The number of methoxy groups -OCH3 is 1. The first-order chi connectivity index (χ1) is 13.4. The maximum absolute atomic E-state index is 13.1. The summed E-state index contributed by atoms with van der Waals surface area (Å²) < 4.78 is 82.4. The number of hydrogen-bond donors (Lipinski definition) is 1. The van der Waals surface area contributed by atoms with Gasteiger partial charge in [-0.1, -0.05) is 30.3 Å². The largest absolute Gasteiger partial charge is 0.467 e. The van der Waals surface area contributed by atoms with Gasteiger partial charge in [0, 0.05) is 6.42 Å². The van der Waals surface area contributed by atoms with Crippen LogP contribution in [0.4, 0.5) is 26.3 Å². The monoisotopic (exact) mass is 419 g/mol. The second-order valence-electron chi connectivity index (χ2n) is 5.99. The summed E-state index contributed by atoms with van der Waals surface area (Å²) in [6, 6.07) is 6.47. The number of esters is 1. The normalized spacial score (nSPS) is 12.9. The highest BCUT2D eigenvalue weighted by molar-refractivity contribution is 5.98. The molecule has 0 aliphatic carbocycles. The molecule has 0 spiro atoms. The van der Waals surface area contributed by atoms with E-state index in [9.17, 15) is 35.9 Å². The van der Waals surface area contributed by atoms with Crippen molar-refractivity contribution in [2.24, 2.45) is 0 Å². The van der Waals surface area contributed by atoms with Crippen LogP contribution >= 0.6 is 0 Å². The third-order valence-corrected chi connectivity index (χ3v) is 3.96. The SMILES string of the molecule is COC(=O)[C@@H](Cc1cccc(C(F)(F)F)c1)NC(=O)c1ccccc1C(F)(F)F. The smallest absolute Gasteiger partial charge is 0.417 e. The van der Waals surface area contributed by atoms with Crippen LogP contribution in [0.1, 0.15) is 27.0 Å². The maximum Gasteiger partial charge on any atom is 0.417 e. The first kappa shape index (κ1) is 22.3. The summed E-state index contributed by atoms with van der Waals surface area (Å²) in [5, 5.41) is 2.11. The molecule has 4 nitrogen and oxygen atoms in total. The Bertz CT molecular complexity index is 892. The number of benzene rings is 2. The molecular weight excluding hydrogens is 404 g/mol. The Labute approximate surface area is 161 Å². The van der Waals surface area contributed by atoms with Gasteiger partial charge in [-0.25, -0.2) is 4.79 Å². The summed E-state index contributed by atoms with van der Waals surface area (Å²) in [6.07, 6.45) is -9.84. The van der Waals surface area contributed by atoms with Gasteiger partial charge in [0.1, 0.15) is 6.04 Å². The van der Waals surface area contributed by atoms with Crippen molar-refractivity contribution in [2.75, 3.05) is 7.11 Å². The Kier molecular flexibility index (Phi) is 6.55. The minimum absolute atomic E-state index is 0.0413. The Morgan fingerprint density at radius 1 is 0.966 bits per heavy atom. The molecule has 10 heteroatoms. The lowest BCUT2D eigenvalue weighted by Crippen LogP contribution is -2.43. The lowest BCUT2D eigenvalue weighted by molar-refractivity contribution is -0.142. The molecule has 156 valence electrons. The highest BCUT2D eigenvalue weighted by atomic mass is 19.4. The van der Waals surface area contributed by atoms with E-state index < -0.39 is 53.4 Å². The van der Waals surface area contributed by atoms with Crippen LogP contribution in [0.25, 0.3) is 0 Å². The average molecular weight is 419 g/mol. The van der Waals surface area contributed by atoms with Crippen molar-refractivity contribution in [1.82, 2.24) is 5.32 Å². The zero-order valence-corrected chi connectivity index (χ0v) is 14.9. The van der Waals surface area contributed by atoms with E-state index in [0.717, 1.165) is 37.4 Å². The minimum atomic E-state index is -4.81. The van der Waals surface area contributed by atoms with Crippen molar-refractivity contribution >= 4 is 11.9 Å². The van der Waals surface area contributed by atoms with Crippen LogP contribution in [0.15, 0.2) is 48.5 Å². The highest BCUT2D eigenvalue weighted by Crippen LogP contribution is 2.32. The number of ether oxygens (including phenoxy) is 1. The molecule has 0 aromatic heterocycles.